The van der Waals surface area contributed by atoms with Crippen LogP contribution in [0.1, 0.15) is 18.7 Å². The fourth-order valence-electron chi connectivity index (χ4n) is 2.12. The van der Waals surface area contributed by atoms with Crippen LogP contribution in [0.3, 0.4) is 0 Å². The number of carbonyl (C=O) groups excluding carboxylic acids is 1. The van der Waals surface area contributed by atoms with Crippen LogP contribution in [-0.2, 0) is 11.2 Å². The molecule has 0 aliphatic rings. The molecule has 2 heterocycles. The van der Waals surface area contributed by atoms with Crippen LogP contribution >= 0.6 is 34.7 Å². The number of nitrogens with one attached hydrogen (secondary N) is 1. The number of fused-ring (bicyclic) bond motifs is 1. The summed E-state index contributed by atoms with van der Waals surface area (Å²) < 4.78 is 0. The average Bonchev–Trinajstić information content (AvgIpc) is 2.99. The number of nitrogens with zero attached hydrogens (tertiary/aromatic N) is 2. The van der Waals surface area contributed by atoms with Gasteiger partial charge < -0.3 is 5.32 Å². The van der Waals surface area contributed by atoms with E-state index < -0.39 is 0 Å². The van der Waals surface area contributed by atoms with E-state index in [1.807, 2.05) is 43.3 Å². The quantitative estimate of drug-likeness (QED) is 0.385. The zero-order valence-corrected chi connectivity index (χ0v) is 15.6. The molecule has 1 unspecified atom stereocenters. The number of aromatic nitrogens is 2. The molecule has 0 radical (unpaired) electrons. The SMILES string of the molecule is CCc1cc2c(Cl)nc(SC(C)C(=O)Nc3ccccc3)nc2s1. The van der Waals surface area contributed by atoms with Crippen LogP contribution in [0.4, 0.5) is 5.69 Å². The third-order valence-corrected chi connectivity index (χ3v) is 5.84. The summed E-state index contributed by atoms with van der Waals surface area (Å²) in [5, 5.41) is 4.39. The second kappa shape index (κ2) is 7.51. The van der Waals surface area contributed by atoms with Crippen molar-refractivity contribution in [3.63, 3.8) is 0 Å². The van der Waals surface area contributed by atoms with Crippen molar-refractivity contribution in [3.8, 4) is 0 Å². The van der Waals surface area contributed by atoms with Crippen molar-refractivity contribution in [2.24, 2.45) is 0 Å². The molecule has 4 nitrogen and oxygen atoms in total. The third-order valence-electron chi connectivity index (χ3n) is 3.42. The van der Waals surface area contributed by atoms with Gasteiger partial charge in [0.25, 0.3) is 0 Å². The predicted octanol–water partition coefficient (Wildman–Crippen LogP) is 5.03. The van der Waals surface area contributed by atoms with Crippen LogP contribution < -0.4 is 5.32 Å². The van der Waals surface area contributed by atoms with Crippen LogP contribution in [0.5, 0.6) is 0 Å². The molecule has 1 amide bonds. The number of thioether (sulfide) groups is 1. The van der Waals surface area contributed by atoms with Crippen molar-refractivity contribution in [2.45, 2.75) is 30.7 Å². The van der Waals surface area contributed by atoms with Crippen molar-refractivity contribution in [1.29, 1.82) is 0 Å². The van der Waals surface area contributed by atoms with E-state index in [1.54, 1.807) is 11.3 Å². The van der Waals surface area contributed by atoms with Crippen LogP contribution in [0.2, 0.25) is 5.15 Å². The van der Waals surface area contributed by atoms with E-state index in [0.717, 1.165) is 22.3 Å². The molecule has 1 aromatic carbocycles. The second-order valence-electron chi connectivity index (χ2n) is 5.20. The van der Waals surface area contributed by atoms with Gasteiger partial charge in [-0.05, 0) is 31.5 Å². The molecule has 24 heavy (non-hydrogen) atoms. The molecule has 0 spiro atoms. The summed E-state index contributed by atoms with van der Waals surface area (Å²) in [6, 6.07) is 11.4. The molecular formula is C17H16ClN3OS2. The number of amides is 1. The van der Waals surface area contributed by atoms with Crippen molar-refractivity contribution in [1.82, 2.24) is 9.97 Å². The molecule has 3 rings (SSSR count). The zero-order valence-electron chi connectivity index (χ0n) is 13.2. The molecule has 0 saturated carbocycles. The second-order valence-corrected chi connectivity index (χ2v) is 7.98. The summed E-state index contributed by atoms with van der Waals surface area (Å²) in [6.07, 6.45) is 0.940. The topological polar surface area (TPSA) is 54.9 Å². The number of halogens is 1. The molecule has 0 aliphatic carbocycles. The first-order valence-electron chi connectivity index (χ1n) is 7.55. The Labute approximate surface area is 153 Å². The van der Waals surface area contributed by atoms with Crippen molar-refractivity contribution >= 4 is 56.5 Å². The Morgan fingerprint density at radius 1 is 1.33 bits per heavy atom. The minimum Gasteiger partial charge on any atom is -0.325 e. The largest absolute Gasteiger partial charge is 0.325 e. The van der Waals surface area contributed by atoms with Crippen LogP contribution in [-0.4, -0.2) is 21.1 Å². The molecule has 0 bridgehead atoms. The number of thiophene rings is 1. The predicted molar refractivity (Wildman–Crippen MR) is 102 cm³/mol. The lowest BCUT2D eigenvalue weighted by molar-refractivity contribution is -0.115. The Kier molecular flexibility index (Phi) is 5.38. The number of hydrogen-bond donors (Lipinski definition) is 1. The number of aryl methyl sites for hydroxylation is 1. The van der Waals surface area contributed by atoms with Gasteiger partial charge in [0.2, 0.25) is 5.91 Å². The lowest BCUT2D eigenvalue weighted by Gasteiger charge is -2.11. The Morgan fingerprint density at radius 3 is 2.79 bits per heavy atom. The molecule has 0 fully saturated rings. The van der Waals surface area contributed by atoms with Crippen molar-refractivity contribution in [2.75, 3.05) is 5.32 Å². The van der Waals surface area contributed by atoms with Gasteiger partial charge in [0.15, 0.2) is 5.16 Å². The molecule has 124 valence electrons. The number of carbonyl (C=O) groups is 1. The van der Waals surface area contributed by atoms with Gasteiger partial charge in [0, 0.05) is 16.0 Å². The summed E-state index contributed by atoms with van der Waals surface area (Å²) >= 11 is 9.19. The van der Waals surface area contributed by atoms with Gasteiger partial charge in [0.05, 0.1) is 5.25 Å². The van der Waals surface area contributed by atoms with E-state index in [4.69, 9.17) is 11.6 Å². The van der Waals surface area contributed by atoms with Gasteiger partial charge in [-0.3, -0.25) is 4.79 Å². The van der Waals surface area contributed by atoms with E-state index in [2.05, 4.69) is 22.2 Å². The number of benzene rings is 1. The van der Waals surface area contributed by atoms with Gasteiger partial charge in [-0.2, -0.15) is 0 Å². The number of para-hydroxylation sites is 1. The van der Waals surface area contributed by atoms with Gasteiger partial charge in [-0.25, -0.2) is 9.97 Å². The van der Waals surface area contributed by atoms with Crippen LogP contribution in [0.15, 0.2) is 41.6 Å². The summed E-state index contributed by atoms with van der Waals surface area (Å²) in [5.41, 5.74) is 0.773. The molecule has 1 atom stereocenters. The normalized spacial score (nSPS) is 12.3. The van der Waals surface area contributed by atoms with Crippen LogP contribution in [0.25, 0.3) is 10.2 Å². The number of hydrogen-bond acceptors (Lipinski definition) is 5. The van der Waals surface area contributed by atoms with Crippen molar-refractivity contribution in [3.05, 3.63) is 46.4 Å². The standard InChI is InChI=1S/C17H16ClN3OS2/c1-3-12-9-13-14(18)20-17(21-16(13)24-12)23-10(2)15(22)19-11-7-5-4-6-8-11/h4-10H,3H2,1-2H3,(H,19,22). The highest BCUT2D eigenvalue weighted by Crippen LogP contribution is 2.32. The summed E-state index contributed by atoms with van der Waals surface area (Å²) in [6.45, 7) is 3.92. The molecule has 0 saturated heterocycles. The molecule has 2 aromatic heterocycles. The van der Waals surface area contributed by atoms with Gasteiger partial charge >= 0.3 is 0 Å². The highest BCUT2D eigenvalue weighted by Gasteiger charge is 2.18. The Balaban J connectivity index is 1.75. The first-order chi connectivity index (χ1) is 11.6. The monoisotopic (exact) mass is 377 g/mol. The molecule has 7 heteroatoms. The van der Waals surface area contributed by atoms with Crippen molar-refractivity contribution < 1.29 is 4.79 Å². The Bertz CT molecular complexity index is 867. The number of rotatable bonds is 5. The zero-order chi connectivity index (χ0) is 17.1. The fraction of sp³-hybridized carbons (Fsp3) is 0.235. The van der Waals surface area contributed by atoms with Gasteiger partial charge in [-0.15, -0.1) is 11.3 Å². The van der Waals surface area contributed by atoms with E-state index in [1.165, 1.54) is 16.6 Å². The molecule has 1 N–H and O–H groups in total. The maximum atomic E-state index is 12.3. The van der Waals surface area contributed by atoms with Gasteiger partial charge in [-0.1, -0.05) is 48.5 Å². The Morgan fingerprint density at radius 2 is 2.08 bits per heavy atom. The summed E-state index contributed by atoms with van der Waals surface area (Å²) in [5.74, 6) is -0.0913. The number of anilines is 1. The maximum absolute atomic E-state index is 12.3. The minimum atomic E-state index is -0.329. The van der Waals surface area contributed by atoms with Gasteiger partial charge in [0.1, 0.15) is 9.98 Å². The fourth-order valence-corrected chi connectivity index (χ4v) is 4.25. The lowest BCUT2D eigenvalue weighted by Crippen LogP contribution is -2.22. The van der Waals surface area contributed by atoms with Crippen LogP contribution in [0, 0.1) is 0 Å². The first-order valence-corrected chi connectivity index (χ1v) is 9.62. The Hall–Kier alpha value is -1.63. The molecular weight excluding hydrogens is 362 g/mol. The van der Waals surface area contributed by atoms with E-state index in [-0.39, 0.29) is 11.2 Å². The highest BCUT2D eigenvalue weighted by atomic mass is 35.5. The highest BCUT2D eigenvalue weighted by molar-refractivity contribution is 8.00. The maximum Gasteiger partial charge on any atom is 0.237 e. The third kappa shape index (κ3) is 3.88. The molecule has 0 aliphatic heterocycles. The summed E-state index contributed by atoms with van der Waals surface area (Å²) in [4.78, 5) is 23.2. The van der Waals surface area contributed by atoms with E-state index in [9.17, 15) is 4.79 Å². The first kappa shape index (κ1) is 17.2. The minimum absolute atomic E-state index is 0.0913. The lowest BCUT2D eigenvalue weighted by atomic mass is 10.3. The smallest absolute Gasteiger partial charge is 0.237 e. The van der Waals surface area contributed by atoms with E-state index in [0.29, 0.717) is 10.3 Å². The molecule has 3 aromatic rings. The van der Waals surface area contributed by atoms with E-state index >= 15 is 0 Å². The summed E-state index contributed by atoms with van der Waals surface area (Å²) in [7, 11) is 0. The average molecular weight is 378 g/mol.